The quantitative estimate of drug-likeness (QED) is 0.563. The third-order valence-corrected chi connectivity index (χ3v) is 3.76. The third kappa shape index (κ3) is 4.56. The molecule has 0 aliphatic heterocycles. The monoisotopic (exact) mass is 316 g/mol. The molecule has 1 aromatic carbocycles. The van der Waals surface area contributed by atoms with Gasteiger partial charge in [-0.05, 0) is 25.5 Å². The maximum Gasteiger partial charge on any atom is 0.212 e. The molecule has 1 unspecified atom stereocenters. The largest absolute Gasteiger partial charge is 0.370 e. The van der Waals surface area contributed by atoms with Crippen LogP contribution in [0, 0.1) is 0 Å². The van der Waals surface area contributed by atoms with Gasteiger partial charge in [0.25, 0.3) is 0 Å². The average molecular weight is 316 g/mol. The van der Waals surface area contributed by atoms with E-state index in [1.165, 1.54) is 11.3 Å². The highest BCUT2D eigenvalue weighted by Gasteiger charge is 2.04. The summed E-state index contributed by atoms with van der Waals surface area (Å²) in [5, 5.41) is 5.65. The SMILES string of the molecule is CCC(C)N=CNc1cccc(-c2csc(N=C(N)N)n2)c1. The van der Waals surface area contributed by atoms with Gasteiger partial charge in [0, 0.05) is 22.7 Å². The van der Waals surface area contributed by atoms with Gasteiger partial charge in [0.2, 0.25) is 5.13 Å². The van der Waals surface area contributed by atoms with E-state index in [0.29, 0.717) is 11.2 Å². The maximum atomic E-state index is 5.36. The van der Waals surface area contributed by atoms with E-state index in [9.17, 15) is 0 Å². The fourth-order valence-electron chi connectivity index (χ4n) is 1.67. The Balaban J connectivity index is 2.13. The van der Waals surface area contributed by atoms with Crippen LogP contribution in [0.25, 0.3) is 11.3 Å². The van der Waals surface area contributed by atoms with Gasteiger partial charge in [0.1, 0.15) is 0 Å². The van der Waals surface area contributed by atoms with Crippen molar-refractivity contribution in [2.75, 3.05) is 5.32 Å². The van der Waals surface area contributed by atoms with Crippen LogP contribution in [0.2, 0.25) is 0 Å². The number of nitrogens with zero attached hydrogens (tertiary/aromatic N) is 3. The fourth-order valence-corrected chi connectivity index (χ4v) is 2.39. The van der Waals surface area contributed by atoms with Gasteiger partial charge in [-0.25, -0.2) is 4.98 Å². The molecule has 2 rings (SSSR count). The fraction of sp³-hybridized carbons (Fsp3) is 0.267. The molecule has 0 aliphatic carbocycles. The smallest absolute Gasteiger partial charge is 0.212 e. The molecule has 0 spiro atoms. The standard InChI is InChI=1S/C15H20N6S/c1-3-10(2)18-9-19-12-6-4-5-11(7-12)13-8-22-15(20-13)21-14(16)17/h4-10H,3H2,1-2H3,(H,18,19)(H4,16,17,20,21). The molecule has 0 amide bonds. The predicted octanol–water partition coefficient (Wildman–Crippen LogP) is 2.95. The van der Waals surface area contributed by atoms with Crippen LogP contribution in [-0.2, 0) is 0 Å². The summed E-state index contributed by atoms with van der Waals surface area (Å²) in [6.45, 7) is 4.19. The lowest BCUT2D eigenvalue weighted by Crippen LogP contribution is -2.21. The molecular formula is C15H20N6S. The topological polar surface area (TPSA) is 102 Å². The van der Waals surface area contributed by atoms with Gasteiger partial charge in [-0.2, -0.15) is 4.99 Å². The van der Waals surface area contributed by atoms with Crippen LogP contribution in [0.1, 0.15) is 20.3 Å². The number of guanidine groups is 1. The number of anilines is 1. The van der Waals surface area contributed by atoms with E-state index < -0.39 is 0 Å². The van der Waals surface area contributed by atoms with E-state index in [1.807, 2.05) is 29.6 Å². The first-order chi connectivity index (χ1) is 10.6. The zero-order valence-corrected chi connectivity index (χ0v) is 13.5. The summed E-state index contributed by atoms with van der Waals surface area (Å²) in [5.41, 5.74) is 13.5. The van der Waals surface area contributed by atoms with Crippen LogP contribution in [0.3, 0.4) is 0 Å². The van der Waals surface area contributed by atoms with Crippen molar-refractivity contribution in [1.82, 2.24) is 4.98 Å². The summed E-state index contributed by atoms with van der Waals surface area (Å²) in [5.74, 6) is 0.0116. The second kappa shape index (κ2) is 7.56. The van der Waals surface area contributed by atoms with E-state index in [4.69, 9.17) is 11.5 Å². The van der Waals surface area contributed by atoms with Crippen molar-refractivity contribution in [2.24, 2.45) is 21.5 Å². The van der Waals surface area contributed by atoms with Crippen molar-refractivity contribution in [3.05, 3.63) is 29.6 Å². The molecule has 1 aromatic heterocycles. The van der Waals surface area contributed by atoms with E-state index in [-0.39, 0.29) is 5.96 Å². The summed E-state index contributed by atoms with van der Waals surface area (Å²) in [4.78, 5) is 12.7. The molecule has 22 heavy (non-hydrogen) atoms. The number of hydrogen-bond acceptors (Lipinski definition) is 4. The second-order valence-corrected chi connectivity index (χ2v) is 5.65. The highest BCUT2D eigenvalue weighted by atomic mass is 32.1. The van der Waals surface area contributed by atoms with Crippen molar-refractivity contribution in [2.45, 2.75) is 26.3 Å². The zero-order valence-electron chi connectivity index (χ0n) is 12.7. The van der Waals surface area contributed by atoms with E-state index in [0.717, 1.165) is 23.4 Å². The van der Waals surface area contributed by atoms with Gasteiger partial charge in [0.15, 0.2) is 5.96 Å². The van der Waals surface area contributed by atoms with Crippen molar-refractivity contribution in [1.29, 1.82) is 0 Å². The zero-order chi connectivity index (χ0) is 15.9. The third-order valence-electron chi connectivity index (χ3n) is 3.03. The molecule has 1 heterocycles. The first-order valence-electron chi connectivity index (χ1n) is 7.02. The molecule has 116 valence electrons. The number of hydrogen-bond donors (Lipinski definition) is 3. The summed E-state index contributed by atoms with van der Waals surface area (Å²) in [7, 11) is 0. The molecule has 1 atom stereocenters. The lowest BCUT2D eigenvalue weighted by molar-refractivity contribution is 0.720. The molecule has 7 heteroatoms. The first kappa shape index (κ1) is 16.0. The van der Waals surface area contributed by atoms with Gasteiger partial charge in [-0.15, -0.1) is 11.3 Å². The van der Waals surface area contributed by atoms with Crippen LogP contribution >= 0.6 is 11.3 Å². The van der Waals surface area contributed by atoms with Crippen molar-refractivity contribution in [3.63, 3.8) is 0 Å². The number of nitrogens with one attached hydrogen (secondary N) is 1. The van der Waals surface area contributed by atoms with Crippen LogP contribution in [0.4, 0.5) is 10.8 Å². The Morgan fingerprint density at radius 3 is 3.00 bits per heavy atom. The molecule has 0 aliphatic rings. The summed E-state index contributed by atoms with van der Waals surface area (Å²) < 4.78 is 0. The number of thiazole rings is 1. The molecule has 0 radical (unpaired) electrons. The van der Waals surface area contributed by atoms with Crippen LogP contribution < -0.4 is 16.8 Å². The van der Waals surface area contributed by atoms with Gasteiger partial charge in [0.05, 0.1) is 12.0 Å². The summed E-state index contributed by atoms with van der Waals surface area (Å²) in [6.07, 6.45) is 2.75. The van der Waals surface area contributed by atoms with E-state index in [1.54, 1.807) is 6.34 Å². The van der Waals surface area contributed by atoms with Crippen LogP contribution in [0.15, 0.2) is 39.6 Å². The lowest BCUT2D eigenvalue weighted by atomic mass is 10.1. The van der Waals surface area contributed by atoms with E-state index >= 15 is 0 Å². The van der Waals surface area contributed by atoms with Crippen LogP contribution in [0.5, 0.6) is 0 Å². The Labute approximate surface area is 134 Å². The molecule has 2 aromatic rings. The Morgan fingerprint density at radius 2 is 2.27 bits per heavy atom. The Kier molecular flexibility index (Phi) is 5.48. The van der Waals surface area contributed by atoms with Crippen LogP contribution in [-0.4, -0.2) is 23.3 Å². The molecule has 0 saturated carbocycles. The number of aliphatic imine (C=N–C) groups is 2. The number of benzene rings is 1. The van der Waals surface area contributed by atoms with Crippen molar-refractivity contribution >= 4 is 34.5 Å². The van der Waals surface area contributed by atoms with Crippen molar-refractivity contribution < 1.29 is 0 Å². The Bertz CT molecular complexity index is 672. The van der Waals surface area contributed by atoms with Gasteiger partial charge < -0.3 is 16.8 Å². The number of rotatable bonds is 6. The summed E-state index contributed by atoms with van der Waals surface area (Å²) >= 11 is 1.40. The summed E-state index contributed by atoms with van der Waals surface area (Å²) in [6, 6.07) is 8.27. The molecule has 0 bridgehead atoms. The molecule has 0 saturated heterocycles. The molecule has 6 nitrogen and oxygen atoms in total. The van der Waals surface area contributed by atoms with Gasteiger partial charge in [-0.3, -0.25) is 4.99 Å². The normalized spacial score (nSPS) is 12.3. The first-order valence-corrected chi connectivity index (χ1v) is 7.90. The van der Waals surface area contributed by atoms with Gasteiger partial charge >= 0.3 is 0 Å². The molecule has 5 N–H and O–H groups in total. The lowest BCUT2D eigenvalue weighted by Gasteiger charge is -2.04. The maximum absolute atomic E-state index is 5.36. The van der Waals surface area contributed by atoms with Crippen molar-refractivity contribution in [3.8, 4) is 11.3 Å². The predicted molar refractivity (Wildman–Crippen MR) is 94.9 cm³/mol. The minimum Gasteiger partial charge on any atom is -0.370 e. The highest BCUT2D eigenvalue weighted by molar-refractivity contribution is 7.13. The second-order valence-electron chi connectivity index (χ2n) is 4.81. The average Bonchev–Trinajstić information content (AvgIpc) is 2.95. The minimum atomic E-state index is 0.0116. The minimum absolute atomic E-state index is 0.0116. The number of nitrogens with two attached hydrogens (primary N) is 2. The van der Waals surface area contributed by atoms with E-state index in [2.05, 4.69) is 34.1 Å². The van der Waals surface area contributed by atoms with Gasteiger partial charge in [-0.1, -0.05) is 19.1 Å². The Hall–Kier alpha value is -2.41. The molecular weight excluding hydrogens is 296 g/mol. The number of aromatic nitrogens is 1. The highest BCUT2D eigenvalue weighted by Crippen LogP contribution is 2.28. The molecule has 0 fully saturated rings. The Morgan fingerprint density at radius 1 is 1.45 bits per heavy atom.